The van der Waals surface area contributed by atoms with E-state index in [2.05, 4.69) is 34.2 Å². The van der Waals surface area contributed by atoms with Crippen molar-refractivity contribution in [3.63, 3.8) is 0 Å². The van der Waals surface area contributed by atoms with E-state index in [0.29, 0.717) is 6.54 Å². The molecule has 2 atom stereocenters. The minimum atomic E-state index is -4.39. The number of para-hydroxylation sites is 1. The number of hydrogen-bond donors (Lipinski definition) is 2. The molecular weight excluding hydrogens is 345 g/mol. The smallest absolute Gasteiger partial charge is 0.369 e. The molecule has 2 rings (SSSR count). The van der Waals surface area contributed by atoms with Crippen molar-refractivity contribution in [2.75, 3.05) is 44.2 Å². The average Bonchev–Trinajstić information content (AvgIpc) is 2.64. The number of piperazine rings is 1. The van der Waals surface area contributed by atoms with Crippen molar-refractivity contribution >= 4 is 11.6 Å². The number of carbonyl (C=O) groups is 1. The summed E-state index contributed by atoms with van der Waals surface area (Å²) in [7, 11) is 0. The molecule has 0 aromatic heterocycles. The highest BCUT2D eigenvalue weighted by Gasteiger charge is 2.29. The number of halogens is 3. The minimum absolute atomic E-state index is 0.200. The topological polar surface area (TPSA) is 47.6 Å². The van der Waals surface area contributed by atoms with E-state index in [0.717, 1.165) is 26.2 Å². The molecule has 0 radical (unpaired) electrons. The van der Waals surface area contributed by atoms with Gasteiger partial charge in [0.05, 0.1) is 6.04 Å². The number of rotatable bonds is 7. The van der Waals surface area contributed by atoms with E-state index < -0.39 is 24.7 Å². The van der Waals surface area contributed by atoms with Crippen molar-refractivity contribution in [2.24, 2.45) is 0 Å². The summed E-state index contributed by atoms with van der Waals surface area (Å²) in [5.41, 5.74) is 1.22. The zero-order valence-corrected chi connectivity index (χ0v) is 15.2. The highest BCUT2D eigenvalue weighted by Crippen LogP contribution is 2.16. The second kappa shape index (κ2) is 9.23. The zero-order chi connectivity index (χ0) is 19.2. The summed E-state index contributed by atoms with van der Waals surface area (Å²) in [4.78, 5) is 16.3. The Bertz CT molecular complexity index is 559. The van der Waals surface area contributed by atoms with E-state index in [1.165, 1.54) is 5.69 Å². The quantitative estimate of drug-likeness (QED) is 0.767. The summed E-state index contributed by atoms with van der Waals surface area (Å²) in [6.07, 6.45) is -4.39. The molecule has 0 bridgehead atoms. The Hall–Kier alpha value is -1.80. The van der Waals surface area contributed by atoms with Gasteiger partial charge >= 0.3 is 6.18 Å². The van der Waals surface area contributed by atoms with Crippen molar-refractivity contribution in [1.82, 2.24) is 15.5 Å². The van der Waals surface area contributed by atoms with E-state index in [1.807, 2.05) is 23.5 Å². The second-order valence-corrected chi connectivity index (χ2v) is 6.67. The van der Waals surface area contributed by atoms with Gasteiger partial charge in [0.15, 0.2) is 0 Å². The monoisotopic (exact) mass is 372 g/mol. The maximum Gasteiger partial charge on any atom is 0.405 e. The van der Waals surface area contributed by atoms with Gasteiger partial charge in [-0.05, 0) is 26.0 Å². The highest BCUT2D eigenvalue weighted by molar-refractivity contribution is 5.81. The van der Waals surface area contributed by atoms with Crippen LogP contribution < -0.4 is 15.5 Å². The minimum Gasteiger partial charge on any atom is -0.369 e. The van der Waals surface area contributed by atoms with Gasteiger partial charge in [0.25, 0.3) is 0 Å². The molecular formula is C18H27F3N4O. The van der Waals surface area contributed by atoms with Gasteiger partial charge in [-0.1, -0.05) is 18.2 Å². The van der Waals surface area contributed by atoms with Crippen LogP contribution in [0.15, 0.2) is 30.3 Å². The average molecular weight is 372 g/mol. The van der Waals surface area contributed by atoms with Crippen LogP contribution in [0.2, 0.25) is 0 Å². The molecule has 5 nitrogen and oxygen atoms in total. The van der Waals surface area contributed by atoms with Crippen LogP contribution in [0, 0.1) is 0 Å². The van der Waals surface area contributed by atoms with Crippen LogP contribution in [-0.2, 0) is 4.79 Å². The van der Waals surface area contributed by atoms with Crippen molar-refractivity contribution < 1.29 is 18.0 Å². The summed E-state index contributed by atoms with van der Waals surface area (Å²) >= 11 is 0. The van der Waals surface area contributed by atoms with E-state index in [4.69, 9.17) is 0 Å². The van der Waals surface area contributed by atoms with E-state index in [9.17, 15) is 18.0 Å². The highest BCUT2D eigenvalue weighted by atomic mass is 19.4. The third-order valence-corrected chi connectivity index (χ3v) is 4.63. The van der Waals surface area contributed by atoms with Gasteiger partial charge in [-0.2, -0.15) is 13.2 Å². The fourth-order valence-corrected chi connectivity index (χ4v) is 2.97. The Morgan fingerprint density at radius 1 is 1.12 bits per heavy atom. The summed E-state index contributed by atoms with van der Waals surface area (Å²) in [6, 6.07) is 9.79. The van der Waals surface area contributed by atoms with Crippen LogP contribution in [0.5, 0.6) is 0 Å². The molecule has 146 valence electrons. The lowest BCUT2D eigenvalue weighted by atomic mass is 10.2. The first kappa shape index (κ1) is 20.5. The Morgan fingerprint density at radius 2 is 1.73 bits per heavy atom. The maximum absolute atomic E-state index is 12.1. The molecule has 0 spiro atoms. The third-order valence-electron chi connectivity index (χ3n) is 4.63. The number of hydrogen-bond acceptors (Lipinski definition) is 4. The molecule has 2 unspecified atom stereocenters. The molecule has 1 fully saturated rings. The Balaban J connectivity index is 1.70. The summed E-state index contributed by atoms with van der Waals surface area (Å²) in [5.74, 6) is -0.636. The normalized spacial score (nSPS) is 18.4. The van der Waals surface area contributed by atoms with Crippen LogP contribution in [0.3, 0.4) is 0 Å². The molecule has 0 aliphatic carbocycles. The standard InChI is InChI=1S/C18H27F3N4O/c1-14(12-22-15(2)17(26)23-13-18(19,20)21)24-8-10-25(11-9-24)16-6-4-3-5-7-16/h3-7,14-15,22H,8-13H2,1-2H3,(H,23,26). The Kier molecular flexibility index (Phi) is 7.28. The summed E-state index contributed by atoms with van der Waals surface area (Å²) in [6.45, 7) is 6.56. The lowest BCUT2D eigenvalue weighted by Crippen LogP contribution is -2.54. The predicted octanol–water partition coefficient (Wildman–Crippen LogP) is 1.85. The van der Waals surface area contributed by atoms with E-state index in [1.54, 1.807) is 6.92 Å². The molecule has 1 heterocycles. The van der Waals surface area contributed by atoms with Crippen molar-refractivity contribution in [3.05, 3.63) is 30.3 Å². The lowest BCUT2D eigenvalue weighted by Gasteiger charge is -2.39. The number of amides is 1. The number of nitrogens with zero attached hydrogens (tertiary/aromatic N) is 2. The Morgan fingerprint density at radius 3 is 2.31 bits per heavy atom. The lowest BCUT2D eigenvalue weighted by molar-refractivity contribution is -0.139. The molecule has 1 saturated heterocycles. The number of anilines is 1. The Labute approximate surface area is 152 Å². The first-order valence-electron chi connectivity index (χ1n) is 8.88. The number of carbonyl (C=O) groups excluding carboxylic acids is 1. The molecule has 26 heavy (non-hydrogen) atoms. The molecule has 8 heteroatoms. The van der Waals surface area contributed by atoms with Crippen LogP contribution in [-0.4, -0.2) is 68.3 Å². The van der Waals surface area contributed by atoms with Crippen LogP contribution in [0.25, 0.3) is 0 Å². The number of alkyl halides is 3. The maximum atomic E-state index is 12.1. The zero-order valence-electron chi connectivity index (χ0n) is 15.2. The van der Waals surface area contributed by atoms with Gasteiger partial charge in [0.1, 0.15) is 6.54 Å². The first-order chi connectivity index (χ1) is 12.3. The van der Waals surface area contributed by atoms with E-state index in [-0.39, 0.29) is 6.04 Å². The molecule has 1 amide bonds. The van der Waals surface area contributed by atoms with Gasteiger partial charge in [-0.25, -0.2) is 0 Å². The molecule has 1 aromatic carbocycles. The largest absolute Gasteiger partial charge is 0.405 e. The summed E-state index contributed by atoms with van der Waals surface area (Å²) in [5, 5.41) is 4.93. The predicted molar refractivity (Wildman–Crippen MR) is 96.2 cm³/mol. The fraction of sp³-hybridized carbons (Fsp3) is 0.611. The number of nitrogens with one attached hydrogen (secondary N) is 2. The van der Waals surface area contributed by atoms with Crippen molar-refractivity contribution in [1.29, 1.82) is 0 Å². The third kappa shape index (κ3) is 6.49. The molecule has 1 aliphatic rings. The van der Waals surface area contributed by atoms with Gasteiger partial charge in [0.2, 0.25) is 5.91 Å². The molecule has 1 aliphatic heterocycles. The molecule has 2 N–H and O–H groups in total. The van der Waals surface area contributed by atoms with Gasteiger partial charge < -0.3 is 15.5 Å². The van der Waals surface area contributed by atoms with Crippen LogP contribution in [0.4, 0.5) is 18.9 Å². The van der Waals surface area contributed by atoms with Gasteiger partial charge in [-0.3, -0.25) is 9.69 Å². The van der Waals surface area contributed by atoms with Crippen molar-refractivity contribution in [2.45, 2.75) is 32.1 Å². The summed E-state index contributed by atoms with van der Waals surface area (Å²) < 4.78 is 36.4. The molecule has 0 saturated carbocycles. The van der Waals surface area contributed by atoms with Gasteiger partial charge in [-0.15, -0.1) is 0 Å². The van der Waals surface area contributed by atoms with E-state index >= 15 is 0 Å². The van der Waals surface area contributed by atoms with Gasteiger partial charge in [0, 0.05) is 44.5 Å². The van der Waals surface area contributed by atoms with Crippen LogP contribution in [0.1, 0.15) is 13.8 Å². The number of benzene rings is 1. The fourth-order valence-electron chi connectivity index (χ4n) is 2.97. The first-order valence-corrected chi connectivity index (χ1v) is 8.88. The van der Waals surface area contributed by atoms with Crippen molar-refractivity contribution in [3.8, 4) is 0 Å². The van der Waals surface area contributed by atoms with Crippen LogP contribution >= 0.6 is 0 Å². The SMILES string of the molecule is CC(NCC(C)N1CCN(c2ccccc2)CC1)C(=O)NCC(F)(F)F. The molecule has 1 aromatic rings. The second-order valence-electron chi connectivity index (χ2n) is 6.67.